The Balaban J connectivity index is 1.91. The minimum absolute atomic E-state index is 0.00617. The molecule has 1 atom stereocenters. The monoisotopic (exact) mass is 494 g/mol. The van der Waals surface area contributed by atoms with Gasteiger partial charge in [0.25, 0.3) is 0 Å². The second-order valence-electron chi connectivity index (χ2n) is 7.20. The Hall–Kier alpha value is -2.80. The summed E-state index contributed by atoms with van der Waals surface area (Å²) in [6.07, 6.45) is 1.00. The molecule has 0 spiro atoms. The first-order valence-corrected chi connectivity index (χ1v) is 13.1. The molecular formula is C21H26N4O6S2. The maximum atomic E-state index is 12.6. The van der Waals surface area contributed by atoms with Crippen LogP contribution in [-0.2, 0) is 27.5 Å². The van der Waals surface area contributed by atoms with E-state index in [0.717, 1.165) is 5.56 Å². The van der Waals surface area contributed by atoms with Crippen molar-refractivity contribution in [3.05, 3.63) is 48.0 Å². The highest BCUT2D eigenvalue weighted by molar-refractivity contribution is 7.92. The smallest absolute Gasteiger partial charge is 0.233 e. The van der Waals surface area contributed by atoms with Crippen molar-refractivity contribution >= 4 is 49.5 Å². The zero-order valence-corrected chi connectivity index (χ0v) is 19.7. The Kier molecular flexibility index (Phi) is 8.55. The molecular weight excluding hydrogens is 468 g/mol. The summed E-state index contributed by atoms with van der Waals surface area (Å²) in [6.45, 7) is 0.00617. The van der Waals surface area contributed by atoms with Crippen molar-refractivity contribution in [3.63, 3.8) is 0 Å². The van der Waals surface area contributed by atoms with Crippen LogP contribution >= 0.6 is 0 Å². The van der Waals surface area contributed by atoms with Crippen LogP contribution in [0.4, 0.5) is 17.3 Å². The third-order valence-electron chi connectivity index (χ3n) is 4.72. The number of unbranched alkanes of at least 4 members (excludes halogenated alkanes) is 1. The fourth-order valence-electron chi connectivity index (χ4n) is 3.13. The summed E-state index contributed by atoms with van der Waals surface area (Å²) in [5.41, 5.74) is 2.52. The van der Waals surface area contributed by atoms with Gasteiger partial charge >= 0.3 is 0 Å². The van der Waals surface area contributed by atoms with Gasteiger partial charge in [0.05, 0.1) is 29.6 Å². The molecule has 0 fully saturated rings. The van der Waals surface area contributed by atoms with Crippen LogP contribution in [0.15, 0.2) is 42.5 Å². The number of methoxy groups -OCH3 is 1. The van der Waals surface area contributed by atoms with E-state index < -0.39 is 21.1 Å². The lowest BCUT2D eigenvalue weighted by Crippen LogP contribution is -2.19. The summed E-state index contributed by atoms with van der Waals surface area (Å²) in [4.78, 5) is 8.98. The van der Waals surface area contributed by atoms with Crippen molar-refractivity contribution in [2.45, 2.75) is 19.3 Å². The van der Waals surface area contributed by atoms with Crippen LogP contribution in [0.2, 0.25) is 0 Å². The molecule has 1 heterocycles. The highest BCUT2D eigenvalue weighted by Crippen LogP contribution is 2.32. The van der Waals surface area contributed by atoms with Gasteiger partial charge in [-0.2, -0.15) is 0 Å². The summed E-state index contributed by atoms with van der Waals surface area (Å²) in [5.74, 6) is 0.520. The molecule has 33 heavy (non-hydrogen) atoms. The van der Waals surface area contributed by atoms with E-state index >= 15 is 0 Å². The summed E-state index contributed by atoms with van der Waals surface area (Å²) in [5, 5.41) is 12.3. The molecule has 3 aromatic rings. The molecule has 0 bridgehead atoms. The van der Waals surface area contributed by atoms with E-state index in [0.29, 0.717) is 35.3 Å². The van der Waals surface area contributed by atoms with Crippen LogP contribution in [-0.4, -0.2) is 57.5 Å². The molecule has 0 radical (unpaired) electrons. The number of hydrogen-bond acceptors (Lipinski definition) is 8. The largest absolute Gasteiger partial charge is 0.495 e. The Bertz CT molecular complexity index is 1240. The second-order valence-corrected chi connectivity index (χ2v) is 10.1. The first kappa shape index (κ1) is 24.8. The van der Waals surface area contributed by atoms with Gasteiger partial charge < -0.3 is 19.7 Å². The quantitative estimate of drug-likeness (QED) is 0.220. The van der Waals surface area contributed by atoms with Gasteiger partial charge in [-0.3, -0.25) is 4.72 Å². The van der Waals surface area contributed by atoms with Gasteiger partial charge in [0.15, 0.2) is 22.7 Å². The van der Waals surface area contributed by atoms with Crippen molar-refractivity contribution in [2.24, 2.45) is 0 Å². The van der Waals surface area contributed by atoms with Gasteiger partial charge in [-0.1, -0.05) is 18.2 Å². The van der Waals surface area contributed by atoms with E-state index in [9.17, 15) is 17.7 Å². The minimum Gasteiger partial charge on any atom is -0.495 e. The van der Waals surface area contributed by atoms with Crippen molar-refractivity contribution in [1.82, 2.24) is 9.97 Å². The number of aliphatic hydroxyl groups is 1. The van der Waals surface area contributed by atoms with Crippen LogP contribution in [0.25, 0.3) is 11.0 Å². The van der Waals surface area contributed by atoms with Gasteiger partial charge in [0, 0.05) is 12.4 Å². The summed E-state index contributed by atoms with van der Waals surface area (Å²) in [6, 6.07) is 12.4. The number of rotatable bonds is 12. The molecule has 0 aliphatic heterocycles. The van der Waals surface area contributed by atoms with Crippen LogP contribution in [0.3, 0.4) is 0 Å². The zero-order chi connectivity index (χ0) is 23.8. The van der Waals surface area contributed by atoms with Crippen LogP contribution < -0.4 is 14.8 Å². The SMILES string of the molecule is COc1cc(CCO)ccc1Nc1nc2ccccc2nc1NS(=O)(=O)CCCCS(=O)O. The Morgan fingerprint density at radius 1 is 1.06 bits per heavy atom. The highest BCUT2D eigenvalue weighted by atomic mass is 32.2. The molecule has 3 rings (SSSR count). The number of nitrogens with zero attached hydrogens (tertiary/aromatic N) is 2. The standard InChI is InChI=1S/C21H26N4O6S2/c1-31-19-14-15(10-11-26)8-9-18(19)24-20-21(23-17-7-3-2-6-16(17)22-20)25-33(29,30)13-5-4-12-32(27)28/h2-3,6-9,14,26H,4-5,10-13H2,1H3,(H,22,24)(H,23,25)(H,27,28). The fourth-order valence-corrected chi connectivity index (χ4v) is 4.70. The normalized spacial score (nSPS) is 12.5. The molecule has 0 aliphatic carbocycles. The van der Waals surface area contributed by atoms with Gasteiger partial charge in [-0.05, 0) is 49.1 Å². The van der Waals surface area contributed by atoms with E-state index in [-0.39, 0.29) is 36.2 Å². The molecule has 0 amide bonds. The lowest BCUT2D eigenvalue weighted by molar-refractivity contribution is 0.299. The predicted molar refractivity (Wildman–Crippen MR) is 129 cm³/mol. The summed E-state index contributed by atoms with van der Waals surface area (Å²) >= 11 is -1.95. The molecule has 4 N–H and O–H groups in total. The number of sulfonamides is 1. The number of fused-ring (bicyclic) bond motifs is 1. The van der Waals surface area contributed by atoms with Gasteiger partial charge in [-0.25, -0.2) is 22.6 Å². The Labute approximate surface area is 194 Å². The zero-order valence-electron chi connectivity index (χ0n) is 18.0. The van der Waals surface area contributed by atoms with E-state index in [1.165, 1.54) is 7.11 Å². The molecule has 178 valence electrons. The maximum absolute atomic E-state index is 12.6. The third-order valence-corrected chi connectivity index (χ3v) is 6.69. The lowest BCUT2D eigenvalue weighted by atomic mass is 10.1. The van der Waals surface area contributed by atoms with Crippen LogP contribution in [0.1, 0.15) is 18.4 Å². The van der Waals surface area contributed by atoms with Gasteiger partial charge in [0.1, 0.15) is 5.75 Å². The van der Waals surface area contributed by atoms with E-state index in [4.69, 9.17) is 9.29 Å². The van der Waals surface area contributed by atoms with Crippen molar-refractivity contribution in [2.75, 3.05) is 35.3 Å². The number of nitrogens with one attached hydrogen (secondary N) is 2. The molecule has 0 saturated heterocycles. The van der Waals surface area contributed by atoms with E-state index in [1.54, 1.807) is 36.4 Å². The average molecular weight is 495 g/mol. The maximum Gasteiger partial charge on any atom is 0.233 e. The Morgan fingerprint density at radius 3 is 2.39 bits per heavy atom. The fraction of sp³-hybridized carbons (Fsp3) is 0.333. The molecule has 0 aliphatic rings. The number of ether oxygens (including phenoxy) is 1. The topological polar surface area (TPSA) is 151 Å². The molecule has 1 aromatic heterocycles. The minimum atomic E-state index is -3.78. The van der Waals surface area contributed by atoms with Crippen molar-refractivity contribution in [3.8, 4) is 5.75 Å². The molecule has 10 nitrogen and oxygen atoms in total. The van der Waals surface area contributed by atoms with Crippen LogP contribution in [0, 0.1) is 0 Å². The van der Waals surface area contributed by atoms with Crippen molar-refractivity contribution in [1.29, 1.82) is 0 Å². The lowest BCUT2D eigenvalue weighted by Gasteiger charge is -2.16. The number of hydrogen-bond donors (Lipinski definition) is 4. The molecule has 12 heteroatoms. The van der Waals surface area contributed by atoms with Gasteiger partial charge in [-0.15, -0.1) is 0 Å². The Morgan fingerprint density at radius 2 is 1.76 bits per heavy atom. The molecule has 1 unspecified atom stereocenters. The highest BCUT2D eigenvalue weighted by Gasteiger charge is 2.18. The van der Waals surface area contributed by atoms with Crippen molar-refractivity contribution < 1.29 is 27.0 Å². The second kappa shape index (κ2) is 11.4. The number of anilines is 3. The van der Waals surface area contributed by atoms with E-state index in [1.807, 2.05) is 6.07 Å². The van der Waals surface area contributed by atoms with E-state index in [2.05, 4.69) is 20.0 Å². The predicted octanol–water partition coefficient (Wildman–Crippen LogP) is 2.66. The first-order chi connectivity index (χ1) is 15.8. The number of aliphatic hydroxyl groups excluding tert-OH is 1. The van der Waals surface area contributed by atoms with Gasteiger partial charge in [0.2, 0.25) is 10.0 Å². The average Bonchev–Trinajstić information content (AvgIpc) is 2.78. The third kappa shape index (κ3) is 7.09. The van der Waals surface area contributed by atoms with Crippen LogP contribution in [0.5, 0.6) is 5.75 Å². The number of para-hydroxylation sites is 2. The molecule has 2 aromatic carbocycles. The number of aromatic nitrogens is 2. The number of benzene rings is 2. The summed E-state index contributed by atoms with van der Waals surface area (Å²) < 4.78 is 52.8. The first-order valence-electron chi connectivity index (χ1n) is 10.2. The molecule has 0 saturated carbocycles. The summed E-state index contributed by atoms with van der Waals surface area (Å²) in [7, 11) is -2.27.